The molecule has 0 spiro atoms. The summed E-state index contributed by atoms with van der Waals surface area (Å²) in [5, 5.41) is 0.520. The first-order chi connectivity index (χ1) is 8.29. The van der Waals surface area contributed by atoms with Crippen molar-refractivity contribution in [1.82, 2.24) is 0 Å². The maximum atomic E-state index is 6.04. The molecule has 86 valence electrons. The summed E-state index contributed by atoms with van der Waals surface area (Å²) in [6.07, 6.45) is 0. The second-order valence-corrected chi connectivity index (χ2v) is 4.07. The van der Waals surface area contributed by atoms with Crippen LogP contribution in [0.2, 0.25) is 5.02 Å². The van der Waals surface area contributed by atoms with Gasteiger partial charge in [-0.3, -0.25) is 0 Å². The van der Waals surface area contributed by atoms with Gasteiger partial charge < -0.3 is 4.74 Å². The molecule has 0 aliphatic carbocycles. The predicted molar refractivity (Wildman–Crippen MR) is 71.7 cm³/mol. The normalized spacial score (nSPS) is 9.94. The van der Waals surface area contributed by atoms with Crippen molar-refractivity contribution in [3.8, 4) is 5.75 Å². The molecule has 0 aliphatic rings. The lowest BCUT2D eigenvalue weighted by Gasteiger charge is -2.08. The zero-order valence-electron chi connectivity index (χ0n) is 8.97. The van der Waals surface area contributed by atoms with Crippen LogP contribution in [0.5, 0.6) is 5.75 Å². The summed E-state index contributed by atoms with van der Waals surface area (Å²) in [7, 11) is 0. The lowest BCUT2D eigenvalue weighted by atomic mass is 10.2. The third-order valence-electron chi connectivity index (χ3n) is 2.26. The number of rotatable bonds is 4. The van der Waals surface area contributed by atoms with Crippen molar-refractivity contribution < 1.29 is 4.74 Å². The quantitative estimate of drug-likeness (QED) is 0.821. The van der Waals surface area contributed by atoms with E-state index in [4.69, 9.17) is 16.3 Å². The molecule has 0 aromatic heterocycles. The van der Waals surface area contributed by atoms with E-state index in [0.29, 0.717) is 23.1 Å². The SMILES string of the molecule is S=Nc1ccc(OCc2ccccc2)c(Cl)c1. The Hall–Kier alpha value is -1.45. The van der Waals surface area contributed by atoms with Gasteiger partial charge in [0.15, 0.2) is 0 Å². The molecule has 17 heavy (non-hydrogen) atoms. The molecule has 0 heterocycles. The number of benzene rings is 2. The van der Waals surface area contributed by atoms with Crippen LogP contribution in [0.1, 0.15) is 5.56 Å². The molecule has 2 aromatic rings. The van der Waals surface area contributed by atoms with Crippen LogP contribution in [0.15, 0.2) is 52.9 Å². The van der Waals surface area contributed by atoms with E-state index in [-0.39, 0.29) is 0 Å². The van der Waals surface area contributed by atoms with E-state index < -0.39 is 0 Å². The summed E-state index contributed by atoms with van der Waals surface area (Å²) in [6, 6.07) is 15.2. The second kappa shape index (κ2) is 5.75. The van der Waals surface area contributed by atoms with Gasteiger partial charge in [-0.25, -0.2) is 0 Å². The minimum Gasteiger partial charge on any atom is -0.487 e. The average molecular weight is 264 g/mol. The van der Waals surface area contributed by atoms with Crippen molar-refractivity contribution in [2.75, 3.05) is 0 Å². The minimum absolute atomic E-state index is 0.491. The van der Waals surface area contributed by atoms with Crippen molar-refractivity contribution in [2.24, 2.45) is 4.36 Å². The van der Waals surface area contributed by atoms with Gasteiger partial charge in [0.1, 0.15) is 12.4 Å². The van der Waals surface area contributed by atoms with Gasteiger partial charge in [-0.05, 0) is 23.8 Å². The first-order valence-corrected chi connectivity index (χ1v) is 5.83. The first-order valence-electron chi connectivity index (χ1n) is 5.09. The van der Waals surface area contributed by atoms with Crippen LogP contribution in [0.4, 0.5) is 5.69 Å². The molecule has 0 unspecified atom stereocenters. The first kappa shape index (κ1) is 12.0. The molecule has 0 saturated carbocycles. The Kier molecular flexibility index (Phi) is 4.07. The Labute approximate surface area is 110 Å². The van der Waals surface area contributed by atoms with Crippen LogP contribution in [0, 0.1) is 0 Å². The molecule has 0 atom stereocenters. The summed E-state index contributed by atoms with van der Waals surface area (Å²) in [5.74, 6) is 0.637. The summed E-state index contributed by atoms with van der Waals surface area (Å²) < 4.78 is 9.25. The van der Waals surface area contributed by atoms with Crippen LogP contribution in [-0.4, -0.2) is 0 Å². The fourth-order valence-corrected chi connectivity index (χ4v) is 1.74. The fourth-order valence-electron chi connectivity index (χ4n) is 1.40. The molecule has 4 heteroatoms. The number of hydrogen-bond acceptors (Lipinski definition) is 3. The molecular weight excluding hydrogens is 254 g/mol. The van der Waals surface area contributed by atoms with E-state index >= 15 is 0 Å². The largest absolute Gasteiger partial charge is 0.487 e. The predicted octanol–water partition coefficient (Wildman–Crippen LogP) is 4.28. The maximum Gasteiger partial charge on any atom is 0.138 e. The Morgan fingerprint density at radius 2 is 1.88 bits per heavy atom. The summed E-state index contributed by atoms with van der Waals surface area (Å²) >= 11 is 10.6. The van der Waals surface area contributed by atoms with Gasteiger partial charge in [-0.2, -0.15) is 4.36 Å². The molecule has 0 fully saturated rings. The van der Waals surface area contributed by atoms with Crippen LogP contribution in [-0.2, 0) is 19.0 Å². The van der Waals surface area contributed by atoms with Gasteiger partial charge in [0.2, 0.25) is 0 Å². The third-order valence-corrected chi connectivity index (χ3v) is 2.76. The van der Waals surface area contributed by atoms with Crippen molar-refractivity contribution >= 4 is 29.7 Å². The highest BCUT2D eigenvalue weighted by Crippen LogP contribution is 2.29. The lowest BCUT2D eigenvalue weighted by Crippen LogP contribution is -1.95. The monoisotopic (exact) mass is 263 g/mol. The van der Waals surface area contributed by atoms with Crippen LogP contribution in [0.3, 0.4) is 0 Å². The number of hydrogen-bond donors (Lipinski definition) is 0. The van der Waals surface area contributed by atoms with Gasteiger partial charge in [-0.15, -0.1) is 0 Å². The molecule has 0 N–H and O–H groups in total. The van der Waals surface area contributed by atoms with E-state index in [1.54, 1.807) is 18.2 Å². The maximum absolute atomic E-state index is 6.04. The van der Waals surface area contributed by atoms with E-state index in [2.05, 4.69) is 16.8 Å². The van der Waals surface area contributed by atoms with E-state index in [1.165, 1.54) is 0 Å². The van der Waals surface area contributed by atoms with E-state index in [1.807, 2.05) is 30.3 Å². The Morgan fingerprint density at radius 1 is 1.12 bits per heavy atom. The van der Waals surface area contributed by atoms with Crippen molar-refractivity contribution in [1.29, 1.82) is 0 Å². The average Bonchev–Trinajstić information content (AvgIpc) is 2.38. The molecule has 0 amide bonds. The Balaban J connectivity index is 2.07. The van der Waals surface area contributed by atoms with Gasteiger partial charge in [-0.1, -0.05) is 41.9 Å². The summed E-state index contributed by atoms with van der Waals surface area (Å²) in [4.78, 5) is 0. The molecule has 2 aromatic carbocycles. The molecule has 2 rings (SSSR count). The van der Waals surface area contributed by atoms with Crippen LogP contribution >= 0.6 is 11.6 Å². The molecule has 0 saturated heterocycles. The van der Waals surface area contributed by atoms with Crippen LogP contribution < -0.4 is 4.74 Å². The minimum atomic E-state index is 0.491. The standard InChI is InChI=1S/C13H10ClNOS/c14-12-8-11(15-17)6-7-13(12)16-9-10-4-2-1-3-5-10/h1-8H,9H2. The van der Waals surface area contributed by atoms with Gasteiger partial charge in [0.25, 0.3) is 0 Å². The zero-order chi connectivity index (χ0) is 12.1. The highest BCUT2D eigenvalue weighted by molar-refractivity contribution is 7.47. The van der Waals surface area contributed by atoms with Crippen molar-refractivity contribution in [2.45, 2.75) is 6.61 Å². The Morgan fingerprint density at radius 3 is 2.53 bits per heavy atom. The zero-order valence-corrected chi connectivity index (χ0v) is 10.5. The van der Waals surface area contributed by atoms with Crippen molar-refractivity contribution in [3.63, 3.8) is 0 Å². The van der Waals surface area contributed by atoms with Crippen LogP contribution in [0.25, 0.3) is 0 Å². The van der Waals surface area contributed by atoms with Crippen molar-refractivity contribution in [3.05, 3.63) is 59.1 Å². The molecule has 2 nitrogen and oxygen atoms in total. The second-order valence-electron chi connectivity index (χ2n) is 3.48. The van der Waals surface area contributed by atoms with E-state index in [9.17, 15) is 0 Å². The topological polar surface area (TPSA) is 21.6 Å². The molecule has 0 radical (unpaired) electrons. The van der Waals surface area contributed by atoms with Gasteiger partial charge >= 0.3 is 0 Å². The molecular formula is C13H10ClNOS. The highest BCUT2D eigenvalue weighted by atomic mass is 35.5. The highest BCUT2D eigenvalue weighted by Gasteiger charge is 2.03. The Bertz CT molecular complexity index is 516. The molecule has 0 bridgehead atoms. The fraction of sp³-hybridized carbons (Fsp3) is 0.0769. The third kappa shape index (κ3) is 3.25. The summed E-state index contributed by atoms with van der Waals surface area (Å²) in [6.45, 7) is 0.491. The van der Waals surface area contributed by atoms with Gasteiger partial charge in [0.05, 0.1) is 10.7 Å². The van der Waals surface area contributed by atoms with E-state index in [0.717, 1.165) is 5.56 Å². The number of ether oxygens (including phenoxy) is 1. The van der Waals surface area contributed by atoms with Gasteiger partial charge in [0, 0.05) is 12.4 Å². The summed E-state index contributed by atoms with van der Waals surface area (Å²) in [5.41, 5.74) is 1.76. The smallest absolute Gasteiger partial charge is 0.138 e. The number of halogens is 1. The molecule has 0 aliphatic heterocycles. The lowest BCUT2D eigenvalue weighted by molar-refractivity contribution is 0.306. The number of nitrogens with zero attached hydrogens (tertiary/aromatic N) is 1.